The highest BCUT2D eigenvalue weighted by Crippen LogP contribution is 2.29. The van der Waals surface area contributed by atoms with E-state index >= 15 is 0 Å². The number of hydrogen-bond acceptors (Lipinski definition) is 5. The van der Waals surface area contributed by atoms with E-state index in [0.29, 0.717) is 13.1 Å². The molecule has 1 saturated carbocycles. The van der Waals surface area contributed by atoms with Crippen LogP contribution in [-0.2, 0) is 0 Å². The maximum atomic E-state index is 9.69. The smallest absolute Gasteiger partial charge is 0.106 e. The molecule has 0 aromatic heterocycles. The molecule has 5 nitrogen and oxygen atoms in total. The topological polar surface area (TPSA) is 102 Å². The summed E-state index contributed by atoms with van der Waals surface area (Å²) in [4.78, 5) is 1.89. The van der Waals surface area contributed by atoms with Crippen molar-refractivity contribution in [3.8, 4) is 0 Å². The molecule has 1 atom stereocenters. The minimum Gasteiger partial charge on any atom is -0.379 e. The van der Waals surface area contributed by atoms with Crippen molar-refractivity contribution in [1.82, 2.24) is 4.90 Å². The second-order valence-corrected chi connectivity index (χ2v) is 4.55. The summed E-state index contributed by atoms with van der Waals surface area (Å²) in [6.45, 7) is 2.87. The molecule has 1 unspecified atom stereocenters. The molecule has 1 rings (SSSR count). The molecule has 0 aromatic rings. The summed E-state index contributed by atoms with van der Waals surface area (Å²) >= 11 is 0. The van der Waals surface area contributed by atoms with Gasteiger partial charge in [-0.2, -0.15) is 0 Å². The first-order valence-electron chi connectivity index (χ1n) is 5.69. The van der Waals surface area contributed by atoms with Gasteiger partial charge in [0, 0.05) is 19.1 Å². The Kier molecular flexibility index (Phi) is 4.48. The van der Waals surface area contributed by atoms with Crippen molar-refractivity contribution in [1.29, 1.82) is 0 Å². The lowest BCUT2D eigenvalue weighted by atomic mass is 9.85. The maximum Gasteiger partial charge on any atom is 0.106 e. The molecule has 0 radical (unpaired) electrons. The Morgan fingerprint density at radius 3 is 2.40 bits per heavy atom. The molecule has 0 spiro atoms. The average molecular weight is 216 g/mol. The fourth-order valence-electron chi connectivity index (χ4n) is 2.35. The van der Waals surface area contributed by atoms with Crippen molar-refractivity contribution in [2.75, 3.05) is 13.1 Å². The summed E-state index contributed by atoms with van der Waals surface area (Å²) in [7, 11) is 0. The Labute approximate surface area is 91.6 Å². The van der Waals surface area contributed by atoms with Crippen LogP contribution in [0.2, 0.25) is 0 Å². The summed E-state index contributed by atoms with van der Waals surface area (Å²) < 4.78 is 0. The quantitative estimate of drug-likeness (QED) is 0.458. The van der Waals surface area contributed by atoms with Gasteiger partial charge in [0.2, 0.25) is 0 Å². The highest BCUT2D eigenvalue weighted by molar-refractivity contribution is 4.91. The molecule has 0 aromatic carbocycles. The monoisotopic (exact) mass is 216 g/mol. The van der Waals surface area contributed by atoms with Crippen LogP contribution >= 0.6 is 0 Å². The van der Waals surface area contributed by atoms with Gasteiger partial charge in [-0.25, -0.2) is 0 Å². The summed E-state index contributed by atoms with van der Waals surface area (Å²) in [5.41, 5.74) is 17.3. The lowest BCUT2D eigenvalue weighted by Crippen LogP contribution is -2.62. The zero-order valence-electron chi connectivity index (χ0n) is 9.52. The molecular formula is C10H24N4O. The Balaban J connectivity index is 2.64. The molecule has 1 fully saturated rings. The van der Waals surface area contributed by atoms with Crippen LogP contribution < -0.4 is 17.2 Å². The second kappa shape index (κ2) is 5.23. The molecule has 15 heavy (non-hydrogen) atoms. The van der Waals surface area contributed by atoms with Crippen LogP contribution in [-0.4, -0.2) is 41.0 Å². The predicted octanol–water partition coefficient (Wildman–Crippen LogP) is -0.858. The summed E-state index contributed by atoms with van der Waals surface area (Å²) in [6.07, 6.45) is 2.96. The lowest BCUT2D eigenvalue weighted by molar-refractivity contribution is -0.0713. The van der Waals surface area contributed by atoms with E-state index in [0.717, 1.165) is 25.7 Å². The molecular weight excluding hydrogens is 192 g/mol. The van der Waals surface area contributed by atoms with Crippen LogP contribution in [0, 0.1) is 0 Å². The first-order valence-corrected chi connectivity index (χ1v) is 5.69. The van der Waals surface area contributed by atoms with Gasteiger partial charge in [-0.05, 0) is 32.6 Å². The molecule has 1 aliphatic rings. The van der Waals surface area contributed by atoms with E-state index in [1.807, 2.05) is 4.90 Å². The summed E-state index contributed by atoms with van der Waals surface area (Å²) in [5.74, 6) is 0. The molecule has 0 bridgehead atoms. The number of aliphatic hydroxyl groups is 1. The largest absolute Gasteiger partial charge is 0.379 e. The van der Waals surface area contributed by atoms with Crippen molar-refractivity contribution in [3.05, 3.63) is 0 Å². The van der Waals surface area contributed by atoms with E-state index in [2.05, 4.69) is 0 Å². The van der Waals surface area contributed by atoms with Crippen LogP contribution in [0.3, 0.4) is 0 Å². The van der Waals surface area contributed by atoms with Gasteiger partial charge >= 0.3 is 0 Å². The van der Waals surface area contributed by atoms with Crippen LogP contribution in [0.15, 0.2) is 0 Å². The number of nitrogens with two attached hydrogens (primary N) is 3. The zero-order chi connectivity index (χ0) is 11.5. The fourth-order valence-corrected chi connectivity index (χ4v) is 2.35. The Morgan fingerprint density at radius 2 is 2.00 bits per heavy atom. The predicted molar refractivity (Wildman–Crippen MR) is 60.8 cm³/mol. The lowest BCUT2D eigenvalue weighted by Gasteiger charge is -2.46. The molecule has 0 saturated heterocycles. The molecule has 0 heterocycles. The normalized spacial score (nSPS) is 34.4. The number of hydrogen-bond donors (Lipinski definition) is 4. The molecule has 90 valence electrons. The average Bonchev–Trinajstić information content (AvgIpc) is 2.19. The molecule has 5 heteroatoms. The van der Waals surface area contributed by atoms with E-state index in [-0.39, 0.29) is 6.04 Å². The fraction of sp³-hybridized carbons (Fsp3) is 1.00. The van der Waals surface area contributed by atoms with Crippen LogP contribution in [0.4, 0.5) is 0 Å². The van der Waals surface area contributed by atoms with Crippen molar-refractivity contribution >= 4 is 0 Å². The Bertz CT molecular complexity index is 190. The van der Waals surface area contributed by atoms with Crippen LogP contribution in [0.5, 0.6) is 0 Å². The third-order valence-corrected chi connectivity index (χ3v) is 3.29. The highest BCUT2D eigenvalue weighted by Gasteiger charge is 2.37. The van der Waals surface area contributed by atoms with Crippen LogP contribution in [0.1, 0.15) is 32.6 Å². The van der Waals surface area contributed by atoms with Crippen molar-refractivity contribution in [3.63, 3.8) is 0 Å². The third kappa shape index (κ3) is 3.12. The van der Waals surface area contributed by atoms with Crippen molar-refractivity contribution < 1.29 is 5.11 Å². The van der Waals surface area contributed by atoms with Crippen molar-refractivity contribution in [2.45, 2.75) is 50.5 Å². The number of aliphatic hydroxyl groups excluding tert-OH is 1. The number of rotatable bonds is 4. The second-order valence-electron chi connectivity index (χ2n) is 4.55. The van der Waals surface area contributed by atoms with E-state index < -0.39 is 11.9 Å². The van der Waals surface area contributed by atoms with Gasteiger partial charge in [-0.1, -0.05) is 0 Å². The van der Waals surface area contributed by atoms with Gasteiger partial charge in [-0.3, -0.25) is 4.90 Å². The van der Waals surface area contributed by atoms with E-state index in [9.17, 15) is 5.11 Å². The standard InChI is InChI=1S/C10H24N4O/c1-8(15)14(7-6-11)10(13)4-2-9(12)3-5-10/h8-9,15H,2-7,11-13H2,1H3. The first kappa shape index (κ1) is 12.9. The Morgan fingerprint density at radius 1 is 1.47 bits per heavy atom. The SMILES string of the molecule is CC(O)N(CCN)C1(N)CCC(N)CC1. The maximum absolute atomic E-state index is 9.69. The number of nitrogens with zero attached hydrogens (tertiary/aromatic N) is 1. The summed E-state index contributed by atoms with van der Waals surface area (Å²) in [6, 6.07) is 0.260. The Hall–Kier alpha value is -0.200. The minimum absolute atomic E-state index is 0.260. The molecule has 7 N–H and O–H groups in total. The van der Waals surface area contributed by atoms with Gasteiger partial charge in [0.1, 0.15) is 6.23 Å². The van der Waals surface area contributed by atoms with Gasteiger partial charge in [-0.15, -0.1) is 0 Å². The van der Waals surface area contributed by atoms with Gasteiger partial charge < -0.3 is 22.3 Å². The van der Waals surface area contributed by atoms with Gasteiger partial charge in [0.25, 0.3) is 0 Å². The van der Waals surface area contributed by atoms with E-state index in [1.54, 1.807) is 6.92 Å². The minimum atomic E-state index is -0.548. The van der Waals surface area contributed by atoms with E-state index in [4.69, 9.17) is 17.2 Å². The zero-order valence-corrected chi connectivity index (χ0v) is 9.52. The first-order chi connectivity index (χ1) is 6.99. The molecule has 0 amide bonds. The third-order valence-electron chi connectivity index (χ3n) is 3.29. The summed E-state index contributed by atoms with van der Waals surface area (Å²) in [5, 5.41) is 9.69. The highest BCUT2D eigenvalue weighted by atomic mass is 16.3. The molecule has 1 aliphatic carbocycles. The molecule has 0 aliphatic heterocycles. The van der Waals surface area contributed by atoms with E-state index in [1.165, 1.54) is 0 Å². The van der Waals surface area contributed by atoms with Crippen molar-refractivity contribution in [2.24, 2.45) is 17.2 Å². The van der Waals surface area contributed by atoms with Crippen LogP contribution in [0.25, 0.3) is 0 Å². The van der Waals surface area contributed by atoms with Gasteiger partial charge in [0.15, 0.2) is 0 Å². The van der Waals surface area contributed by atoms with Gasteiger partial charge in [0.05, 0.1) is 5.66 Å².